The third-order valence-electron chi connectivity index (χ3n) is 6.38. The molecule has 3 N–H and O–H groups in total. The van der Waals surface area contributed by atoms with Gasteiger partial charge in [0.25, 0.3) is 11.5 Å². The Kier molecular flexibility index (Phi) is 7.73. The monoisotopic (exact) mass is 591 g/mol. The minimum absolute atomic E-state index is 0.0239. The SMILES string of the molecule is C#CCNC(=O)CC1CCCc2c(C(N)=O)sc(C3=NOC(c4cc(Cl)c(Cl)c(Cl)c4)(C(F)(F)F)C3)c21. The van der Waals surface area contributed by atoms with Gasteiger partial charge in [-0.1, -0.05) is 45.9 Å². The van der Waals surface area contributed by atoms with Gasteiger partial charge >= 0.3 is 6.18 Å². The van der Waals surface area contributed by atoms with Crippen molar-refractivity contribution in [2.24, 2.45) is 10.9 Å². The Balaban J connectivity index is 1.78. The number of carbonyl (C=O) groups excluding carboxylic acids is 2. The first-order valence-corrected chi connectivity index (χ1v) is 13.0. The Labute approximate surface area is 229 Å². The number of rotatable bonds is 6. The third kappa shape index (κ3) is 5.02. The lowest BCUT2D eigenvalue weighted by Crippen LogP contribution is -2.42. The van der Waals surface area contributed by atoms with Crippen molar-refractivity contribution >= 4 is 63.7 Å². The molecule has 37 heavy (non-hydrogen) atoms. The van der Waals surface area contributed by atoms with E-state index in [1.165, 1.54) is 0 Å². The van der Waals surface area contributed by atoms with Crippen LogP contribution in [0, 0.1) is 12.3 Å². The largest absolute Gasteiger partial charge is 0.435 e. The average molecular weight is 593 g/mol. The lowest BCUT2D eigenvalue weighted by molar-refractivity contribution is -0.275. The number of hydrogen-bond donors (Lipinski definition) is 2. The molecule has 2 amide bonds. The summed E-state index contributed by atoms with van der Waals surface area (Å²) < 4.78 is 43.6. The van der Waals surface area contributed by atoms with E-state index in [1.54, 1.807) is 0 Å². The summed E-state index contributed by atoms with van der Waals surface area (Å²) >= 11 is 18.9. The van der Waals surface area contributed by atoms with E-state index < -0.39 is 24.1 Å². The number of nitrogens with two attached hydrogens (primary N) is 1. The average Bonchev–Trinajstić information content (AvgIpc) is 3.44. The van der Waals surface area contributed by atoms with Gasteiger partial charge in [-0.2, -0.15) is 13.2 Å². The summed E-state index contributed by atoms with van der Waals surface area (Å²) in [7, 11) is 0. The van der Waals surface area contributed by atoms with Gasteiger partial charge in [-0.25, -0.2) is 0 Å². The van der Waals surface area contributed by atoms with Crippen LogP contribution in [0.15, 0.2) is 17.3 Å². The van der Waals surface area contributed by atoms with Crippen LogP contribution in [0.5, 0.6) is 0 Å². The number of carbonyl (C=O) groups is 2. The number of hydrogen-bond acceptors (Lipinski definition) is 5. The highest BCUT2D eigenvalue weighted by molar-refractivity contribution is 7.16. The van der Waals surface area contributed by atoms with Gasteiger partial charge < -0.3 is 15.9 Å². The number of halogens is 6. The number of nitrogens with one attached hydrogen (secondary N) is 1. The minimum Gasteiger partial charge on any atom is -0.374 e. The summed E-state index contributed by atoms with van der Waals surface area (Å²) in [6, 6.07) is 2.08. The van der Waals surface area contributed by atoms with E-state index in [2.05, 4.69) is 16.4 Å². The summed E-state index contributed by atoms with van der Waals surface area (Å²) in [5, 5.41) is 6.00. The van der Waals surface area contributed by atoms with E-state index in [9.17, 15) is 22.8 Å². The second-order valence-electron chi connectivity index (χ2n) is 8.68. The van der Waals surface area contributed by atoms with Crippen LogP contribution in [0.4, 0.5) is 13.2 Å². The van der Waals surface area contributed by atoms with Crippen LogP contribution in [0.1, 0.15) is 62.8 Å². The summed E-state index contributed by atoms with van der Waals surface area (Å²) in [5.74, 6) is 0.931. The van der Waals surface area contributed by atoms with Gasteiger partial charge in [0.1, 0.15) is 5.71 Å². The molecule has 6 nitrogen and oxygen atoms in total. The molecule has 4 rings (SSSR count). The van der Waals surface area contributed by atoms with Crippen molar-refractivity contribution in [3.63, 3.8) is 0 Å². The molecule has 2 aliphatic rings. The lowest BCUT2D eigenvalue weighted by Gasteiger charge is -2.30. The molecule has 1 aliphatic heterocycles. The Morgan fingerprint density at radius 1 is 1.30 bits per heavy atom. The highest BCUT2D eigenvalue weighted by atomic mass is 35.5. The smallest absolute Gasteiger partial charge is 0.374 e. The summed E-state index contributed by atoms with van der Waals surface area (Å²) in [6.07, 6.45) is 1.36. The van der Waals surface area contributed by atoms with Crippen molar-refractivity contribution in [3.05, 3.63) is 53.6 Å². The molecule has 0 bridgehead atoms. The number of terminal acetylenes is 1. The third-order valence-corrected chi connectivity index (χ3v) is 8.89. The van der Waals surface area contributed by atoms with Gasteiger partial charge in [0.05, 0.1) is 37.8 Å². The van der Waals surface area contributed by atoms with Crippen molar-refractivity contribution in [3.8, 4) is 12.3 Å². The fourth-order valence-corrected chi connectivity index (χ4v) is 6.57. The van der Waals surface area contributed by atoms with Crippen LogP contribution in [-0.4, -0.2) is 30.2 Å². The number of benzene rings is 1. The number of fused-ring (bicyclic) bond motifs is 1. The topological polar surface area (TPSA) is 93.8 Å². The predicted molar refractivity (Wildman–Crippen MR) is 136 cm³/mol. The van der Waals surface area contributed by atoms with Crippen LogP contribution in [-0.2, 0) is 21.7 Å². The molecule has 0 fully saturated rings. The number of alkyl halides is 3. The lowest BCUT2D eigenvalue weighted by atomic mass is 9.79. The molecular weight excluding hydrogens is 574 g/mol. The predicted octanol–water partition coefficient (Wildman–Crippen LogP) is 5.95. The Morgan fingerprint density at radius 3 is 2.57 bits per heavy atom. The Bertz CT molecular complexity index is 1330. The first kappa shape index (κ1) is 27.6. The van der Waals surface area contributed by atoms with E-state index in [0.717, 1.165) is 23.5 Å². The fraction of sp³-hybridized carbons (Fsp3) is 0.375. The van der Waals surface area contributed by atoms with Gasteiger partial charge in [-0.15, -0.1) is 17.8 Å². The molecule has 0 spiro atoms. The zero-order valence-corrected chi connectivity index (χ0v) is 22.1. The highest BCUT2D eigenvalue weighted by Crippen LogP contribution is 2.52. The first-order chi connectivity index (χ1) is 17.4. The van der Waals surface area contributed by atoms with Gasteiger partial charge in [0.2, 0.25) is 5.91 Å². The minimum atomic E-state index is -4.92. The molecule has 2 unspecified atom stereocenters. The van der Waals surface area contributed by atoms with Crippen molar-refractivity contribution in [2.75, 3.05) is 6.54 Å². The number of thiophene rings is 1. The van der Waals surface area contributed by atoms with Crippen LogP contribution < -0.4 is 11.1 Å². The van der Waals surface area contributed by atoms with Crippen LogP contribution in [0.3, 0.4) is 0 Å². The molecule has 2 heterocycles. The van der Waals surface area contributed by atoms with E-state index in [-0.39, 0.29) is 56.0 Å². The van der Waals surface area contributed by atoms with Crippen molar-refractivity contribution < 1.29 is 27.6 Å². The van der Waals surface area contributed by atoms with Crippen LogP contribution in [0.25, 0.3) is 0 Å². The second-order valence-corrected chi connectivity index (χ2v) is 10.9. The van der Waals surface area contributed by atoms with E-state index in [4.69, 9.17) is 51.8 Å². The highest BCUT2D eigenvalue weighted by Gasteiger charge is 2.63. The van der Waals surface area contributed by atoms with Crippen LogP contribution >= 0.6 is 46.1 Å². The molecule has 1 aromatic heterocycles. The molecule has 196 valence electrons. The Hall–Kier alpha value is -2.45. The Morgan fingerprint density at radius 2 is 1.97 bits per heavy atom. The summed E-state index contributed by atoms with van der Waals surface area (Å²) in [5.41, 5.74) is 3.53. The van der Waals surface area contributed by atoms with Crippen molar-refractivity contribution in [1.29, 1.82) is 0 Å². The molecule has 2 atom stereocenters. The maximum absolute atomic E-state index is 14.5. The number of primary amides is 1. The number of nitrogens with zero attached hydrogens (tertiary/aromatic N) is 1. The zero-order valence-electron chi connectivity index (χ0n) is 19.0. The normalized spacial score (nSPS) is 21.0. The van der Waals surface area contributed by atoms with Crippen LogP contribution in [0.2, 0.25) is 15.1 Å². The van der Waals surface area contributed by atoms with Crippen molar-refractivity contribution in [2.45, 2.75) is 49.8 Å². The quantitative estimate of drug-likeness (QED) is 0.321. The molecule has 1 aromatic carbocycles. The molecular formula is C24H19Cl3F3N3O3S. The van der Waals surface area contributed by atoms with Gasteiger partial charge in [0.15, 0.2) is 0 Å². The first-order valence-electron chi connectivity index (χ1n) is 11.0. The van der Waals surface area contributed by atoms with Gasteiger partial charge in [0, 0.05) is 12.0 Å². The summed E-state index contributed by atoms with van der Waals surface area (Å²) in [4.78, 5) is 30.3. The maximum atomic E-state index is 14.5. The van der Waals surface area contributed by atoms with E-state index in [0.29, 0.717) is 35.3 Å². The zero-order chi connectivity index (χ0) is 27.1. The van der Waals surface area contributed by atoms with E-state index in [1.807, 2.05) is 0 Å². The second kappa shape index (κ2) is 10.4. The molecule has 13 heteroatoms. The fourth-order valence-electron chi connectivity index (χ4n) is 4.70. The molecule has 0 saturated heterocycles. The number of amides is 2. The maximum Gasteiger partial charge on any atom is 0.435 e. The van der Waals surface area contributed by atoms with Gasteiger partial charge in [-0.05, 0) is 48.4 Å². The molecule has 2 aromatic rings. The molecule has 0 radical (unpaired) electrons. The van der Waals surface area contributed by atoms with Crippen molar-refractivity contribution in [1.82, 2.24) is 5.32 Å². The number of oxime groups is 1. The standard InChI is InChI=1S/C24H19Cl3F3N3O3S/c1-2-6-32-17(34)7-11-4-3-5-13-18(11)21(37-20(13)22(31)35)16-10-23(36-33-16,24(28,29)30)12-8-14(25)19(27)15(26)9-12/h1,8-9,11H,3-7,10H2,(H2,31,35)(H,32,34). The van der Waals surface area contributed by atoms with Gasteiger partial charge in [-0.3, -0.25) is 9.59 Å². The summed E-state index contributed by atoms with van der Waals surface area (Å²) in [6.45, 7) is 0.0440. The molecule has 1 aliphatic carbocycles. The molecule has 0 saturated carbocycles. The van der Waals surface area contributed by atoms with E-state index >= 15 is 0 Å².